The number of aromatic nitrogens is 4. The van der Waals surface area contributed by atoms with E-state index in [1.54, 1.807) is 6.92 Å². The molecular formula is C10H19N5O2S. The molecule has 0 saturated heterocycles. The zero-order chi connectivity index (χ0) is 13.8. The van der Waals surface area contributed by atoms with Crippen molar-refractivity contribution in [3.05, 3.63) is 0 Å². The summed E-state index contributed by atoms with van der Waals surface area (Å²) < 4.78 is 1.48. The molecule has 0 aromatic carbocycles. The van der Waals surface area contributed by atoms with Gasteiger partial charge in [0.15, 0.2) is 0 Å². The van der Waals surface area contributed by atoms with Crippen molar-refractivity contribution in [1.82, 2.24) is 25.5 Å². The van der Waals surface area contributed by atoms with Crippen LogP contribution in [0.4, 0.5) is 0 Å². The summed E-state index contributed by atoms with van der Waals surface area (Å²) in [5.41, 5.74) is -0.261. The highest BCUT2D eigenvalue weighted by Gasteiger charge is 2.22. The molecule has 1 amide bonds. The van der Waals surface area contributed by atoms with Crippen LogP contribution < -0.4 is 5.32 Å². The van der Waals surface area contributed by atoms with E-state index in [1.165, 1.54) is 16.4 Å². The Balaban J connectivity index is 2.61. The highest BCUT2D eigenvalue weighted by molar-refractivity contribution is 8.00. The molecule has 18 heavy (non-hydrogen) atoms. The maximum Gasteiger partial charge on any atom is 0.233 e. The van der Waals surface area contributed by atoms with Gasteiger partial charge in [-0.05, 0) is 38.1 Å². The van der Waals surface area contributed by atoms with Gasteiger partial charge in [-0.1, -0.05) is 11.8 Å². The van der Waals surface area contributed by atoms with Crippen molar-refractivity contribution in [3.8, 4) is 0 Å². The Hall–Kier alpha value is -1.15. The Bertz CT molecular complexity index is 401. The molecule has 2 N–H and O–H groups in total. The number of hydrogen-bond donors (Lipinski definition) is 2. The van der Waals surface area contributed by atoms with Gasteiger partial charge in [-0.2, -0.15) is 0 Å². The number of carbonyl (C=O) groups excluding carboxylic acids is 1. The smallest absolute Gasteiger partial charge is 0.233 e. The van der Waals surface area contributed by atoms with Crippen LogP contribution in [0.3, 0.4) is 0 Å². The molecule has 1 atom stereocenters. The maximum absolute atomic E-state index is 11.9. The number of nitrogens with zero attached hydrogens (tertiary/aromatic N) is 4. The van der Waals surface area contributed by atoms with Crippen molar-refractivity contribution in [2.45, 2.75) is 50.2 Å². The van der Waals surface area contributed by atoms with Crippen LogP contribution in [-0.2, 0) is 11.3 Å². The molecule has 0 aliphatic carbocycles. The summed E-state index contributed by atoms with van der Waals surface area (Å²) in [4.78, 5) is 11.9. The Morgan fingerprint density at radius 2 is 2.22 bits per heavy atom. The van der Waals surface area contributed by atoms with Gasteiger partial charge in [0.1, 0.15) is 0 Å². The fourth-order valence-electron chi connectivity index (χ4n) is 1.20. The van der Waals surface area contributed by atoms with Crippen LogP contribution in [0.1, 0.15) is 27.7 Å². The maximum atomic E-state index is 11.9. The number of hydrogen-bond acceptors (Lipinski definition) is 6. The van der Waals surface area contributed by atoms with E-state index in [4.69, 9.17) is 5.11 Å². The molecule has 0 saturated carbocycles. The Kier molecular flexibility index (Phi) is 5.09. The number of aliphatic hydroxyl groups is 1. The number of aliphatic hydroxyl groups excluding tert-OH is 1. The van der Waals surface area contributed by atoms with Crippen molar-refractivity contribution in [2.24, 2.45) is 0 Å². The summed E-state index contributed by atoms with van der Waals surface area (Å²) in [6.07, 6.45) is 0. The van der Waals surface area contributed by atoms with E-state index >= 15 is 0 Å². The van der Waals surface area contributed by atoms with Gasteiger partial charge in [-0.15, -0.1) is 5.10 Å². The molecule has 0 bridgehead atoms. The minimum absolute atomic E-state index is 0.0405. The van der Waals surface area contributed by atoms with Gasteiger partial charge in [0, 0.05) is 5.54 Å². The third-order valence-electron chi connectivity index (χ3n) is 1.96. The molecule has 7 nitrogen and oxygen atoms in total. The lowest BCUT2D eigenvalue weighted by atomic mass is 10.1. The Morgan fingerprint density at radius 1 is 1.56 bits per heavy atom. The number of rotatable bonds is 5. The Labute approximate surface area is 110 Å². The molecular weight excluding hydrogens is 254 g/mol. The average Bonchev–Trinajstić information content (AvgIpc) is 2.64. The first kappa shape index (κ1) is 14.9. The van der Waals surface area contributed by atoms with Gasteiger partial charge < -0.3 is 10.4 Å². The summed E-state index contributed by atoms with van der Waals surface area (Å²) in [5, 5.41) is 23.1. The van der Waals surface area contributed by atoms with E-state index in [1.807, 2.05) is 20.8 Å². The first-order chi connectivity index (χ1) is 8.33. The average molecular weight is 273 g/mol. The van der Waals surface area contributed by atoms with E-state index in [0.29, 0.717) is 11.7 Å². The van der Waals surface area contributed by atoms with Crippen LogP contribution in [0, 0.1) is 0 Å². The number of nitrogens with one attached hydrogen (secondary N) is 1. The normalized spacial score (nSPS) is 13.4. The zero-order valence-electron chi connectivity index (χ0n) is 11.0. The third kappa shape index (κ3) is 4.61. The largest absolute Gasteiger partial charge is 0.394 e. The Morgan fingerprint density at radius 3 is 2.78 bits per heavy atom. The fourth-order valence-corrected chi connectivity index (χ4v) is 2.01. The summed E-state index contributed by atoms with van der Waals surface area (Å²) in [6.45, 7) is 7.86. The van der Waals surface area contributed by atoms with Crippen molar-refractivity contribution in [1.29, 1.82) is 0 Å². The summed E-state index contributed by atoms with van der Waals surface area (Å²) in [7, 11) is 0. The van der Waals surface area contributed by atoms with Crippen LogP contribution in [0.5, 0.6) is 0 Å². The van der Waals surface area contributed by atoms with Crippen LogP contribution >= 0.6 is 11.8 Å². The topological polar surface area (TPSA) is 92.9 Å². The summed E-state index contributed by atoms with van der Waals surface area (Å²) in [5.74, 6) is -0.0638. The molecule has 0 aliphatic rings. The molecule has 1 rings (SSSR count). The minimum Gasteiger partial charge on any atom is -0.394 e. The fraction of sp³-hybridized carbons (Fsp3) is 0.800. The molecule has 0 fully saturated rings. The molecule has 1 aromatic heterocycles. The second-order valence-corrected chi connectivity index (χ2v) is 6.22. The van der Waals surface area contributed by atoms with Crippen LogP contribution in [0.25, 0.3) is 0 Å². The molecule has 1 heterocycles. The SMILES string of the molecule is CC(Sc1nnnn1CCO)C(=O)NC(C)(C)C. The van der Waals surface area contributed by atoms with Gasteiger partial charge in [0.2, 0.25) is 11.1 Å². The first-order valence-corrected chi connectivity index (χ1v) is 6.57. The van der Waals surface area contributed by atoms with Crippen molar-refractivity contribution in [3.63, 3.8) is 0 Å². The molecule has 0 aliphatic heterocycles. The van der Waals surface area contributed by atoms with Gasteiger partial charge >= 0.3 is 0 Å². The summed E-state index contributed by atoms with van der Waals surface area (Å²) in [6, 6.07) is 0. The predicted molar refractivity (Wildman–Crippen MR) is 68.1 cm³/mol. The molecule has 0 spiro atoms. The second kappa shape index (κ2) is 6.14. The highest BCUT2D eigenvalue weighted by Crippen LogP contribution is 2.20. The monoisotopic (exact) mass is 273 g/mol. The number of amides is 1. The molecule has 102 valence electrons. The lowest BCUT2D eigenvalue weighted by Crippen LogP contribution is -2.44. The van der Waals surface area contributed by atoms with E-state index in [2.05, 4.69) is 20.8 Å². The number of carbonyl (C=O) groups is 1. The number of tetrazole rings is 1. The first-order valence-electron chi connectivity index (χ1n) is 5.69. The van der Waals surface area contributed by atoms with E-state index in [9.17, 15) is 4.79 Å². The third-order valence-corrected chi connectivity index (χ3v) is 3.03. The van der Waals surface area contributed by atoms with Gasteiger partial charge in [-0.25, -0.2) is 4.68 Å². The molecule has 1 aromatic rings. The number of thioether (sulfide) groups is 1. The van der Waals surface area contributed by atoms with E-state index in [-0.39, 0.29) is 23.3 Å². The van der Waals surface area contributed by atoms with E-state index in [0.717, 1.165) is 0 Å². The van der Waals surface area contributed by atoms with Crippen LogP contribution in [0.15, 0.2) is 5.16 Å². The van der Waals surface area contributed by atoms with Gasteiger partial charge in [-0.3, -0.25) is 4.79 Å². The lowest BCUT2D eigenvalue weighted by molar-refractivity contribution is -0.121. The zero-order valence-corrected chi connectivity index (χ0v) is 11.9. The quantitative estimate of drug-likeness (QED) is 0.737. The van der Waals surface area contributed by atoms with Crippen molar-refractivity contribution >= 4 is 17.7 Å². The standard InChI is InChI=1S/C10H19N5O2S/c1-7(8(17)11-10(2,3)4)18-9-12-13-14-15(9)5-6-16/h7,16H,5-6H2,1-4H3,(H,11,17). The van der Waals surface area contributed by atoms with Gasteiger partial charge in [0.05, 0.1) is 18.4 Å². The van der Waals surface area contributed by atoms with Crippen LogP contribution in [0.2, 0.25) is 0 Å². The van der Waals surface area contributed by atoms with Crippen molar-refractivity contribution in [2.75, 3.05) is 6.61 Å². The summed E-state index contributed by atoms with van der Waals surface area (Å²) >= 11 is 1.27. The van der Waals surface area contributed by atoms with Gasteiger partial charge in [0.25, 0.3) is 0 Å². The van der Waals surface area contributed by atoms with Crippen molar-refractivity contribution < 1.29 is 9.90 Å². The predicted octanol–water partition coefficient (Wildman–Crippen LogP) is 0.0607. The van der Waals surface area contributed by atoms with E-state index < -0.39 is 0 Å². The minimum atomic E-state index is -0.298. The van der Waals surface area contributed by atoms with Crippen LogP contribution in [-0.4, -0.2) is 48.6 Å². The highest BCUT2D eigenvalue weighted by atomic mass is 32.2. The molecule has 0 radical (unpaired) electrons. The molecule has 1 unspecified atom stereocenters. The second-order valence-electron chi connectivity index (χ2n) is 4.91. The molecule has 8 heteroatoms. The lowest BCUT2D eigenvalue weighted by Gasteiger charge is -2.22.